The van der Waals surface area contributed by atoms with E-state index in [-0.39, 0.29) is 0 Å². The predicted molar refractivity (Wildman–Crippen MR) is 114 cm³/mol. The summed E-state index contributed by atoms with van der Waals surface area (Å²) in [6.45, 7) is 9.71. The molecule has 2 aromatic rings. The van der Waals surface area contributed by atoms with Crippen LogP contribution in [0.15, 0.2) is 47.7 Å². The van der Waals surface area contributed by atoms with Crippen molar-refractivity contribution in [3.63, 3.8) is 0 Å². The summed E-state index contributed by atoms with van der Waals surface area (Å²) in [6.07, 6.45) is 7.08. The molecule has 6 nitrogen and oxygen atoms in total. The van der Waals surface area contributed by atoms with E-state index in [2.05, 4.69) is 63.7 Å². The Morgan fingerprint density at radius 1 is 1.07 bits per heavy atom. The van der Waals surface area contributed by atoms with E-state index in [1.165, 1.54) is 18.5 Å². The highest BCUT2D eigenvalue weighted by Crippen LogP contribution is 2.08. The number of unbranched alkanes of at least 4 members (excludes halogenated alkanes) is 1. The van der Waals surface area contributed by atoms with E-state index in [1.54, 1.807) is 6.20 Å². The summed E-state index contributed by atoms with van der Waals surface area (Å²) in [5.74, 6) is 0.881. The highest BCUT2D eigenvalue weighted by atomic mass is 15.3. The molecule has 27 heavy (non-hydrogen) atoms. The highest BCUT2D eigenvalue weighted by Gasteiger charge is 2.01. The van der Waals surface area contributed by atoms with Gasteiger partial charge in [0.25, 0.3) is 0 Å². The number of nitrogens with one attached hydrogen (secondary N) is 2. The lowest BCUT2D eigenvalue weighted by Gasteiger charge is -2.18. The zero-order valence-electron chi connectivity index (χ0n) is 17.0. The number of nitrogens with zero attached hydrogens (tertiary/aromatic N) is 4. The SMILES string of the molecule is CCN(CC)CCCCNC(=NC)NCCc1ccc(-n2cccn2)cc1. The Bertz CT molecular complexity index is 644. The summed E-state index contributed by atoms with van der Waals surface area (Å²) in [4.78, 5) is 6.77. The first-order valence-corrected chi connectivity index (χ1v) is 10.0. The van der Waals surface area contributed by atoms with Gasteiger partial charge in [-0.25, -0.2) is 4.68 Å². The van der Waals surface area contributed by atoms with E-state index in [9.17, 15) is 0 Å². The summed E-state index contributed by atoms with van der Waals surface area (Å²) in [6, 6.07) is 10.4. The van der Waals surface area contributed by atoms with Crippen LogP contribution in [0.25, 0.3) is 5.69 Å². The fourth-order valence-electron chi connectivity index (χ4n) is 2.99. The summed E-state index contributed by atoms with van der Waals surface area (Å²) in [5, 5.41) is 11.0. The van der Waals surface area contributed by atoms with Gasteiger partial charge in [-0.05, 0) is 62.7 Å². The molecule has 0 saturated carbocycles. The van der Waals surface area contributed by atoms with Gasteiger partial charge in [0.2, 0.25) is 0 Å². The lowest BCUT2D eigenvalue weighted by atomic mass is 10.1. The molecule has 1 heterocycles. The second-order valence-electron chi connectivity index (χ2n) is 6.53. The van der Waals surface area contributed by atoms with Crippen molar-refractivity contribution in [1.82, 2.24) is 25.3 Å². The second kappa shape index (κ2) is 12.1. The zero-order chi connectivity index (χ0) is 19.3. The van der Waals surface area contributed by atoms with Gasteiger partial charge < -0.3 is 15.5 Å². The van der Waals surface area contributed by atoms with Crippen molar-refractivity contribution in [3.05, 3.63) is 48.3 Å². The summed E-state index contributed by atoms with van der Waals surface area (Å²) in [7, 11) is 1.82. The van der Waals surface area contributed by atoms with E-state index in [1.807, 2.05) is 24.0 Å². The van der Waals surface area contributed by atoms with E-state index >= 15 is 0 Å². The Morgan fingerprint density at radius 3 is 2.44 bits per heavy atom. The van der Waals surface area contributed by atoms with Crippen LogP contribution in [0.2, 0.25) is 0 Å². The van der Waals surface area contributed by atoms with Gasteiger partial charge in [0, 0.05) is 32.5 Å². The number of hydrogen-bond acceptors (Lipinski definition) is 3. The Balaban J connectivity index is 1.63. The molecule has 0 radical (unpaired) electrons. The minimum Gasteiger partial charge on any atom is -0.356 e. The van der Waals surface area contributed by atoms with Gasteiger partial charge in [-0.2, -0.15) is 5.10 Å². The van der Waals surface area contributed by atoms with Crippen LogP contribution in [0.5, 0.6) is 0 Å². The smallest absolute Gasteiger partial charge is 0.190 e. The minimum absolute atomic E-state index is 0.861. The van der Waals surface area contributed by atoms with Crippen LogP contribution in [0.3, 0.4) is 0 Å². The molecule has 0 fully saturated rings. The molecule has 148 valence electrons. The quantitative estimate of drug-likeness (QED) is 0.363. The molecule has 1 aromatic carbocycles. The summed E-state index contributed by atoms with van der Waals surface area (Å²) < 4.78 is 1.87. The molecular weight excluding hydrogens is 336 g/mol. The van der Waals surface area contributed by atoms with Crippen molar-refractivity contribution >= 4 is 5.96 Å². The molecule has 6 heteroatoms. The van der Waals surface area contributed by atoms with E-state index < -0.39 is 0 Å². The Morgan fingerprint density at radius 2 is 1.81 bits per heavy atom. The first kappa shape index (κ1) is 21.0. The molecule has 0 atom stereocenters. The first-order valence-electron chi connectivity index (χ1n) is 10.0. The van der Waals surface area contributed by atoms with Crippen LogP contribution < -0.4 is 10.6 Å². The average molecular weight is 371 g/mol. The van der Waals surface area contributed by atoms with Gasteiger partial charge >= 0.3 is 0 Å². The van der Waals surface area contributed by atoms with E-state index in [0.29, 0.717) is 0 Å². The first-order chi connectivity index (χ1) is 13.3. The number of benzene rings is 1. The maximum absolute atomic E-state index is 4.30. The van der Waals surface area contributed by atoms with Gasteiger partial charge in [0.1, 0.15) is 0 Å². The number of guanidine groups is 1. The van der Waals surface area contributed by atoms with Crippen LogP contribution >= 0.6 is 0 Å². The van der Waals surface area contributed by atoms with Crippen LogP contribution in [0.1, 0.15) is 32.3 Å². The van der Waals surface area contributed by atoms with E-state index in [4.69, 9.17) is 0 Å². The lowest BCUT2D eigenvalue weighted by molar-refractivity contribution is 0.297. The third-order valence-corrected chi connectivity index (χ3v) is 4.72. The van der Waals surface area contributed by atoms with Crippen molar-refractivity contribution in [2.75, 3.05) is 39.8 Å². The molecule has 2 rings (SSSR count). The van der Waals surface area contributed by atoms with Crippen LogP contribution in [-0.4, -0.2) is 60.4 Å². The maximum Gasteiger partial charge on any atom is 0.190 e. The van der Waals surface area contributed by atoms with Gasteiger partial charge in [-0.3, -0.25) is 4.99 Å². The van der Waals surface area contributed by atoms with Gasteiger partial charge in [-0.15, -0.1) is 0 Å². The normalized spacial score (nSPS) is 11.8. The summed E-state index contributed by atoms with van der Waals surface area (Å²) in [5.41, 5.74) is 2.38. The summed E-state index contributed by atoms with van der Waals surface area (Å²) >= 11 is 0. The largest absolute Gasteiger partial charge is 0.356 e. The fraction of sp³-hybridized carbons (Fsp3) is 0.524. The molecule has 2 N–H and O–H groups in total. The van der Waals surface area contributed by atoms with E-state index in [0.717, 1.165) is 50.7 Å². The third kappa shape index (κ3) is 7.43. The molecule has 0 aliphatic carbocycles. The Hall–Kier alpha value is -2.34. The second-order valence-corrected chi connectivity index (χ2v) is 6.53. The molecule has 0 amide bonds. The van der Waals surface area contributed by atoms with Gasteiger partial charge in [0.15, 0.2) is 5.96 Å². The molecule has 1 aromatic heterocycles. The Kier molecular flexibility index (Phi) is 9.41. The van der Waals surface area contributed by atoms with Crippen molar-refractivity contribution in [3.8, 4) is 5.69 Å². The molecule has 0 spiro atoms. The zero-order valence-corrected chi connectivity index (χ0v) is 17.0. The van der Waals surface area contributed by atoms with Crippen molar-refractivity contribution in [1.29, 1.82) is 0 Å². The Labute approximate surface area is 163 Å². The third-order valence-electron chi connectivity index (χ3n) is 4.72. The van der Waals surface area contributed by atoms with Crippen LogP contribution in [0.4, 0.5) is 0 Å². The number of aromatic nitrogens is 2. The molecule has 0 saturated heterocycles. The van der Waals surface area contributed by atoms with Crippen molar-refractivity contribution in [2.45, 2.75) is 33.1 Å². The molecule has 0 bridgehead atoms. The standard InChI is InChI=1S/C21H34N6/c1-4-26(5-2)17-7-6-14-23-21(22-3)24-16-13-19-9-11-20(12-10-19)27-18-8-15-25-27/h8-12,15,18H,4-7,13-14,16-17H2,1-3H3,(H2,22,23,24). The average Bonchev–Trinajstić information content (AvgIpc) is 3.24. The topological polar surface area (TPSA) is 57.5 Å². The van der Waals surface area contributed by atoms with Gasteiger partial charge in [-0.1, -0.05) is 26.0 Å². The molecule has 0 unspecified atom stereocenters. The number of aliphatic imine (C=N–C) groups is 1. The van der Waals surface area contributed by atoms with Crippen LogP contribution in [0, 0.1) is 0 Å². The number of hydrogen-bond donors (Lipinski definition) is 2. The fourth-order valence-corrected chi connectivity index (χ4v) is 2.99. The molecular formula is C21H34N6. The predicted octanol–water partition coefficient (Wildman–Crippen LogP) is 2.70. The molecule has 0 aliphatic heterocycles. The number of rotatable bonds is 11. The van der Waals surface area contributed by atoms with Crippen molar-refractivity contribution < 1.29 is 0 Å². The van der Waals surface area contributed by atoms with Crippen molar-refractivity contribution in [2.24, 2.45) is 4.99 Å². The molecule has 0 aliphatic rings. The lowest BCUT2D eigenvalue weighted by Crippen LogP contribution is -2.39. The highest BCUT2D eigenvalue weighted by molar-refractivity contribution is 5.79. The minimum atomic E-state index is 0.861. The monoisotopic (exact) mass is 370 g/mol. The maximum atomic E-state index is 4.30. The van der Waals surface area contributed by atoms with Gasteiger partial charge in [0.05, 0.1) is 5.69 Å². The van der Waals surface area contributed by atoms with Crippen LogP contribution in [-0.2, 0) is 6.42 Å².